The van der Waals surface area contributed by atoms with Crippen molar-refractivity contribution in [1.29, 1.82) is 0 Å². The van der Waals surface area contributed by atoms with Crippen LogP contribution in [-0.2, 0) is 17.9 Å². The van der Waals surface area contributed by atoms with E-state index < -0.39 is 0 Å². The summed E-state index contributed by atoms with van der Waals surface area (Å²) in [5, 5.41) is 2.29. The van der Waals surface area contributed by atoms with E-state index in [-0.39, 0.29) is 5.92 Å². The van der Waals surface area contributed by atoms with Crippen LogP contribution in [0.5, 0.6) is 0 Å². The van der Waals surface area contributed by atoms with Gasteiger partial charge in [-0.2, -0.15) is 0 Å². The van der Waals surface area contributed by atoms with Gasteiger partial charge < -0.3 is 9.80 Å². The highest BCUT2D eigenvalue weighted by Crippen LogP contribution is 2.34. The summed E-state index contributed by atoms with van der Waals surface area (Å²) in [6.45, 7) is 5.07. The first-order valence-corrected chi connectivity index (χ1v) is 10.7. The summed E-state index contributed by atoms with van der Waals surface area (Å²) < 4.78 is 0. The molecule has 25 heavy (non-hydrogen) atoms. The molecule has 0 N–H and O–H groups in total. The number of fused-ring (bicyclic) bond motifs is 4. The summed E-state index contributed by atoms with van der Waals surface area (Å²) in [6, 6.07) is 2.80. The predicted octanol–water partition coefficient (Wildman–Crippen LogP) is 3.03. The number of piperidine rings is 1. The standard InChI is InChI=1S/C20H31N3OS/c1-21(2)9-16-8-19(25-14-16)13-22-11-17-6-7-18(12-22)23(20(17)24)10-15-4-3-5-15/h8,14-15,17-18H,3-7,9-13H2,1-2H3/t17-,18+/m1/s1. The normalized spacial score (nSPS) is 27.8. The first kappa shape index (κ1) is 17.5. The summed E-state index contributed by atoms with van der Waals surface area (Å²) in [7, 11) is 4.23. The molecule has 0 spiro atoms. The molecule has 1 aromatic heterocycles. The molecule has 1 aliphatic carbocycles. The Morgan fingerprint density at radius 1 is 1.20 bits per heavy atom. The fourth-order valence-electron chi connectivity index (χ4n) is 4.63. The molecule has 4 nitrogen and oxygen atoms in total. The van der Waals surface area contributed by atoms with E-state index in [0.717, 1.165) is 45.1 Å². The Kier molecular flexibility index (Phi) is 5.16. The lowest BCUT2D eigenvalue weighted by atomic mass is 9.83. The van der Waals surface area contributed by atoms with E-state index in [1.807, 2.05) is 11.3 Å². The monoisotopic (exact) mass is 361 g/mol. The Morgan fingerprint density at radius 2 is 2.04 bits per heavy atom. The van der Waals surface area contributed by atoms with Gasteiger partial charge in [-0.25, -0.2) is 0 Å². The molecule has 2 bridgehead atoms. The molecule has 4 aliphatic rings. The van der Waals surface area contributed by atoms with E-state index in [2.05, 4.69) is 40.2 Å². The fraction of sp³-hybridized carbons (Fsp3) is 0.750. The molecule has 5 rings (SSSR count). The van der Waals surface area contributed by atoms with Gasteiger partial charge >= 0.3 is 0 Å². The van der Waals surface area contributed by atoms with Crippen molar-refractivity contribution in [2.75, 3.05) is 33.7 Å². The number of nitrogens with zero attached hydrogens (tertiary/aromatic N) is 3. The van der Waals surface area contributed by atoms with E-state index in [1.54, 1.807) is 0 Å². The Bertz CT molecular complexity index is 610. The SMILES string of the molecule is CN(C)Cc1csc(CN2C[C@H]3CC[C@@H](C2)N(CC2CCC2)C3=O)c1. The van der Waals surface area contributed by atoms with Crippen molar-refractivity contribution >= 4 is 17.2 Å². The fourth-order valence-corrected chi connectivity index (χ4v) is 5.55. The highest BCUT2D eigenvalue weighted by Gasteiger charge is 2.41. The number of hydrogen-bond donors (Lipinski definition) is 0. The maximum atomic E-state index is 12.9. The van der Waals surface area contributed by atoms with Crippen molar-refractivity contribution in [3.8, 4) is 0 Å². The second-order valence-corrected chi connectivity index (χ2v) is 9.56. The smallest absolute Gasteiger partial charge is 0.227 e. The maximum absolute atomic E-state index is 12.9. The van der Waals surface area contributed by atoms with Crippen molar-refractivity contribution in [3.63, 3.8) is 0 Å². The molecule has 1 aromatic rings. The largest absolute Gasteiger partial charge is 0.338 e. The topological polar surface area (TPSA) is 26.8 Å². The van der Waals surface area contributed by atoms with E-state index in [1.165, 1.54) is 36.1 Å². The first-order valence-electron chi connectivity index (χ1n) is 9.82. The zero-order valence-corrected chi connectivity index (χ0v) is 16.4. The van der Waals surface area contributed by atoms with Gasteiger partial charge in [0.1, 0.15) is 0 Å². The Hall–Kier alpha value is -0.910. The van der Waals surface area contributed by atoms with E-state index >= 15 is 0 Å². The third kappa shape index (κ3) is 3.93. The lowest BCUT2D eigenvalue weighted by molar-refractivity contribution is -0.141. The summed E-state index contributed by atoms with van der Waals surface area (Å²) in [5.74, 6) is 1.47. The van der Waals surface area contributed by atoms with Crippen molar-refractivity contribution in [3.05, 3.63) is 21.9 Å². The molecule has 3 saturated heterocycles. The Morgan fingerprint density at radius 3 is 2.76 bits per heavy atom. The van der Waals surface area contributed by atoms with Crippen LogP contribution >= 0.6 is 11.3 Å². The average molecular weight is 362 g/mol. The zero-order valence-electron chi connectivity index (χ0n) is 15.6. The average Bonchev–Trinajstić information content (AvgIpc) is 2.77. The maximum Gasteiger partial charge on any atom is 0.227 e. The number of amides is 1. The van der Waals surface area contributed by atoms with Crippen molar-refractivity contribution in [2.45, 2.75) is 51.2 Å². The molecule has 1 amide bonds. The summed E-state index contributed by atoms with van der Waals surface area (Å²) in [6.07, 6.45) is 6.32. The summed E-state index contributed by atoms with van der Waals surface area (Å²) >= 11 is 1.87. The number of thiophene rings is 1. The van der Waals surface area contributed by atoms with Crippen molar-refractivity contribution < 1.29 is 4.79 Å². The highest BCUT2D eigenvalue weighted by molar-refractivity contribution is 7.10. The number of carbonyl (C=O) groups excluding carboxylic acids is 1. The molecular weight excluding hydrogens is 330 g/mol. The van der Waals surface area contributed by atoms with Crippen LogP contribution in [0.25, 0.3) is 0 Å². The molecule has 3 aliphatic heterocycles. The van der Waals surface area contributed by atoms with E-state index in [9.17, 15) is 4.79 Å². The Labute approximate surface area is 155 Å². The van der Waals surface area contributed by atoms with Gasteiger partial charge in [0.25, 0.3) is 0 Å². The van der Waals surface area contributed by atoms with Gasteiger partial charge in [0.05, 0.1) is 5.92 Å². The zero-order chi connectivity index (χ0) is 17.4. The second-order valence-electron chi connectivity index (χ2n) is 8.57. The third-order valence-corrected chi connectivity index (χ3v) is 7.11. The van der Waals surface area contributed by atoms with Gasteiger partial charge in [-0.1, -0.05) is 6.42 Å². The predicted molar refractivity (Wildman–Crippen MR) is 103 cm³/mol. The van der Waals surface area contributed by atoms with Crippen molar-refractivity contribution in [1.82, 2.24) is 14.7 Å². The molecule has 4 heterocycles. The minimum absolute atomic E-state index is 0.236. The minimum Gasteiger partial charge on any atom is -0.338 e. The van der Waals surface area contributed by atoms with Crippen LogP contribution in [0.1, 0.15) is 42.5 Å². The van der Waals surface area contributed by atoms with E-state index in [0.29, 0.717) is 11.9 Å². The highest BCUT2D eigenvalue weighted by atomic mass is 32.1. The summed E-state index contributed by atoms with van der Waals surface area (Å²) in [5.41, 5.74) is 1.41. The van der Waals surface area contributed by atoms with Crippen LogP contribution in [0.2, 0.25) is 0 Å². The lowest BCUT2D eigenvalue weighted by Crippen LogP contribution is -2.50. The molecule has 0 aromatic carbocycles. The van der Waals surface area contributed by atoms with Gasteiger partial charge in [0, 0.05) is 43.6 Å². The number of hydrogen-bond acceptors (Lipinski definition) is 4. The molecule has 1 saturated carbocycles. The van der Waals surface area contributed by atoms with Gasteiger partial charge in [-0.05, 0) is 62.7 Å². The molecule has 138 valence electrons. The van der Waals surface area contributed by atoms with Crippen LogP contribution in [-0.4, -0.2) is 60.4 Å². The van der Waals surface area contributed by atoms with E-state index in [4.69, 9.17) is 0 Å². The van der Waals surface area contributed by atoms with Crippen LogP contribution in [0, 0.1) is 11.8 Å². The second kappa shape index (κ2) is 7.37. The van der Waals surface area contributed by atoms with Gasteiger partial charge in [0.2, 0.25) is 5.91 Å². The summed E-state index contributed by atoms with van der Waals surface area (Å²) in [4.78, 5) is 21.4. The Balaban J connectivity index is 1.40. The van der Waals surface area contributed by atoms with Gasteiger partial charge in [-0.15, -0.1) is 11.3 Å². The molecule has 0 radical (unpaired) electrons. The molecular formula is C20H31N3OS. The number of carbonyl (C=O) groups is 1. The first-order chi connectivity index (χ1) is 12.1. The van der Waals surface area contributed by atoms with Crippen LogP contribution in [0.15, 0.2) is 11.4 Å². The van der Waals surface area contributed by atoms with Gasteiger partial charge in [-0.3, -0.25) is 9.69 Å². The lowest BCUT2D eigenvalue weighted by Gasteiger charge is -2.40. The number of rotatable bonds is 6. The van der Waals surface area contributed by atoms with Crippen LogP contribution < -0.4 is 0 Å². The molecule has 2 atom stereocenters. The van der Waals surface area contributed by atoms with Crippen LogP contribution in [0.3, 0.4) is 0 Å². The van der Waals surface area contributed by atoms with Crippen molar-refractivity contribution in [2.24, 2.45) is 11.8 Å². The molecule has 0 unspecified atom stereocenters. The molecule has 4 fully saturated rings. The quantitative estimate of drug-likeness (QED) is 0.779. The molecule has 5 heteroatoms. The van der Waals surface area contributed by atoms with Crippen LogP contribution in [0.4, 0.5) is 0 Å². The minimum atomic E-state index is 0.236. The third-order valence-electron chi connectivity index (χ3n) is 6.13. The van der Waals surface area contributed by atoms with Gasteiger partial charge in [0.15, 0.2) is 0 Å².